The lowest BCUT2D eigenvalue weighted by molar-refractivity contribution is -0.137. The Balaban J connectivity index is 1.96. The zero-order valence-corrected chi connectivity index (χ0v) is 15.5. The molecule has 2 N–H and O–H groups in total. The molecule has 0 aliphatic heterocycles. The van der Waals surface area contributed by atoms with Gasteiger partial charge in [-0.1, -0.05) is 12.0 Å². The number of terminal acetylenes is 1. The molecular formula is C20H16F3N5O2. The number of aromatic nitrogens is 3. The topological polar surface area (TPSA) is 81.0 Å². The fraction of sp³-hybridized carbons (Fsp3) is 0.150. The molecule has 0 saturated carbocycles. The quantitative estimate of drug-likeness (QED) is 0.606. The normalized spacial score (nSPS) is 11.0. The number of hydrogen-bond donors (Lipinski definition) is 2. The summed E-state index contributed by atoms with van der Waals surface area (Å²) in [7, 11) is 0. The summed E-state index contributed by atoms with van der Waals surface area (Å²) in [5.41, 5.74) is -0.641. The van der Waals surface area contributed by atoms with Crippen LogP contribution in [0.15, 0.2) is 55.0 Å². The fourth-order valence-corrected chi connectivity index (χ4v) is 2.70. The van der Waals surface area contributed by atoms with E-state index in [4.69, 9.17) is 6.42 Å². The van der Waals surface area contributed by atoms with Gasteiger partial charge in [-0.3, -0.25) is 9.59 Å². The zero-order chi connectivity index (χ0) is 21.7. The number of carbonyl (C=O) groups is 2. The van der Waals surface area contributed by atoms with Crippen LogP contribution in [0.1, 0.15) is 15.9 Å². The average Bonchev–Trinajstić information content (AvgIpc) is 3.39. The van der Waals surface area contributed by atoms with Gasteiger partial charge in [-0.25, -0.2) is 4.68 Å². The third-order valence-corrected chi connectivity index (χ3v) is 4.05. The Morgan fingerprint density at radius 3 is 2.53 bits per heavy atom. The molecule has 3 aromatic rings. The van der Waals surface area contributed by atoms with Crippen LogP contribution >= 0.6 is 0 Å². The molecular weight excluding hydrogens is 399 g/mol. The molecule has 0 bridgehead atoms. The van der Waals surface area contributed by atoms with E-state index < -0.39 is 23.6 Å². The Kier molecular flexibility index (Phi) is 5.92. The van der Waals surface area contributed by atoms with Gasteiger partial charge in [-0.05, 0) is 30.3 Å². The summed E-state index contributed by atoms with van der Waals surface area (Å²) in [6, 6.07) is 7.98. The molecule has 2 heterocycles. The average molecular weight is 415 g/mol. The van der Waals surface area contributed by atoms with Gasteiger partial charge in [0.15, 0.2) is 5.82 Å². The summed E-state index contributed by atoms with van der Waals surface area (Å²) in [5.74, 6) is 1.37. The van der Waals surface area contributed by atoms with Crippen molar-refractivity contribution < 1.29 is 22.8 Å². The highest BCUT2D eigenvalue weighted by atomic mass is 19.4. The van der Waals surface area contributed by atoms with Crippen LogP contribution in [0.3, 0.4) is 0 Å². The Hall–Kier alpha value is -4.00. The van der Waals surface area contributed by atoms with Crippen molar-refractivity contribution >= 4 is 11.8 Å². The highest BCUT2D eigenvalue weighted by molar-refractivity contribution is 5.99. The Labute approximate surface area is 169 Å². The number of alkyl halides is 3. The van der Waals surface area contributed by atoms with Crippen molar-refractivity contribution in [3.63, 3.8) is 0 Å². The molecule has 0 aliphatic rings. The van der Waals surface area contributed by atoms with Gasteiger partial charge in [-0.15, -0.1) is 6.42 Å². The number of hydrogen-bond acceptors (Lipinski definition) is 3. The standard InChI is InChI=1S/C20H16F3N5O2/c1-2-8-24-17(29)13-25-18(30)16-12-26-28(19(16)27-9-3-4-10-27)15-7-5-6-14(11-15)20(21,22)23/h1,3-7,9-12H,8,13H2,(H,24,29)(H,25,30). The molecule has 0 unspecified atom stereocenters. The van der Waals surface area contributed by atoms with Gasteiger partial charge in [0.2, 0.25) is 5.91 Å². The maximum atomic E-state index is 13.1. The molecule has 2 aromatic heterocycles. The first-order valence-electron chi connectivity index (χ1n) is 8.68. The van der Waals surface area contributed by atoms with Crippen LogP contribution in [0.2, 0.25) is 0 Å². The number of nitrogens with one attached hydrogen (secondary N) is 2. The van der Waals surface area contributed by atoms with E-state index >= 15 is 0 Å². The number of halogens is 3. The van der Waals surface area contributed by atoms with Crippen LogP contribution in [0, 0.1) is 12.3 Å². The first-order chi connectivity index (χ1) is 14.3. The molecule has 0 aliphatic carbocycles. The predicted octanol–water partition coefficient (Wildman–Crippen LogP) is 2.16. The van der Waals surface area contributed by atoms with Gasteiger partial charge in [0.1, 0.15) is 5.56 Å². The molecule has 154 valence electrons. The van der Waals surface area contributed by atoms with E-state index in [-0.39, 0.29) is 30.2 Å². The predicted molar refractivity (Wildman–Crippen MR) is 102 cm³/mol. The molecule has 0 spiro atoms. The van der Waals surface area contributed by atoms with Crippen molar-refractivity contribution in [2.24, 2.45) is 0 Å². The molecule has 0 fully saturated rings. The molecule has 7 nitrogen and oxygen atoms in total. The third-order valence-electron chi connectivity index (χ3n) is 4.05. The monoisotopic (exact) mass is 415 g/mol. The summed E-state index contributed by atoms with van der Waals surface area (Å²) >= 11 is 0. The van der Waals surface area contributed by atoms with E-state index in [1.54, 1.807) is 29.1 Å². The van der Waals surface area contributed by atoms with Gasteiger partial charge in [-0.2, -0.15) is 18.3 Å². The van der Waals surface area contributed by atoms with Crippen molar-refractivity contribution in [3.8, 4) is 23.8 Å². The van der Waals surface area contributed by atoms with Gasteiger partial charge in [0.05, 0.1) is 30.5 Å². The maximum absolute atomic E-state index is 13.1. The first-order valence-corrected chi connectivity index (χ1v) is 8.68. The molecule has 3 rings (SSSR count). The Bertz CT molecular complexity index is 1090. The molecule has 10 heteroatoms. The van der Waals surface area contributed by atoms with Crippen LogP contribution in [0.5, 0.6) is 0 Å². The zero-order valence-electron chi connectivity index (χ0n) is 15.5. The third kappa shape index (κ3) is 4.52. The van der Waals surface area contributed by atoms with Crippen LogP contribution in [-0.4, -0.2) is 39.3 Å². The second-order valence-corrected chi connectivity index (χ2v) is 6.10. The lowest BCUT2D eigenvalue weighted by Crippen LogP contribution is -2.37. The smallest absolute Gasteiger partial charge is 0.344 e. The summed E-state index contributed by atoms with van der Waals surface area (Å²) in [6.07, 6.45) is 5.00. The Morgan fingerprint density at radius 2 is 1.87 bits per heavy atom. The molecule has 0 saturated heterocycles. The van der Waals surface area contributed by atoms with E-state index in [1.807, 2.05) is 0 Å². The second kappa shape index (κ2) is 8.57. The lowest BCUT2D eigenvalue weighted by atomic mass is 10.2. The van der Waals surface area contributed by atoms with E-state index in [9.17, 15) is 22.8 Å². The van der Waals surface area contributed by atoms with Crippen molar-refractivity contribution in [1.82, 2.24) is 25.0 Å². The maximum Gasteiger partial charge on any atom is 0.416 e. The van der Waals surface area contributed by atoms with Crippen LogP contribution in [0.4, 0.5) is 13.2 Å². The molecule has 30 heavy (non-hydrogen) atoms. The van der Waals surface area contributed by atoms with Crippen LogP contribution in [-0.2, 0) is 11.0 Å². The minimum atomic E-state index is -4.53. The minimum Gasteiger partial charge on any atom is -0.344 e. The lowest BCUT2D eigenvalue weighted by Gasteiger charge is -2.13. The molecule has 0 radical (unpaired) electrons. The van der Waals surface area contributed by atoms with E-state index in [2.05, 4.69) is 21.7 Å². The van der Waals surface area contributed by atoms with Gasteiger partial charge < -0.3 is 15.2 Å². The highest BCUT2D eigenvalue weighted by Crippen LogP contribution is 2.31. The number of carbonyl (C=O) groups excluding carboxylic acids is 2. The number of benzene rings is 1. The van der Waals surface area contributed by atoms with E-state index in [1.165, 1.54) is 23.0 Å². The van der Waals surface area contributed by atoms with E-state index in [0.29, 0.717) is 0 Å². The van der Waals surface area contributed by atoms with Gasteiger partial charge in [0.25, 0.3) is 5.91 Å². The van der Waals surface area contributed by atoms with Crippen LogP contribution < -0.4 is 10.6 Å². The van der Waals surface area contributed by atoms with Gasteiger partial charge in [0, 0.05) is 12.4 Å². The number of nitrogens with zero attached hydrogens (tertiary/aromatic N) is 3. The Morgan fingerprint density at radius 1 is 1.13 bits per heavy atom. The van der Waals surface area contributed by atoms with Crippen molar-refractivity contribution in [2.75, 3.05) is 13.1 Å². The largest absolute Gasteiger partial charge is 0.416 e. The fourth-order valence-electron chi connectivity index (χ4n) is 2.70. The van der Waals surface area contributed by atoms with Crippen molar-refractivity contribution in [3.05, 3.63) is 66.1 Å². The van der Waals surface area contributed by atoms with E-state index in [0.717, 1.165) is 12.1 Å². The van der Waals surface area contributed by atoms with Crippen molar-refractivity contribution in [2.45, 2.75) is 6.18 Å². The SMILES string of the molecule is C#CCNC(=O)CNC(=O)c1cnn(-c2cccc(C(F)(F)F)c2)c1-n1cccc1. The minimum absolute atomic E-state index is 0.0246. The first kappa shape index (κ1) is 20.7. The van der Waals surface area contributed by atoms with Gasteiger partial charge >= 0.3 is 6.18 Å². The van der Waals surface area contributed by atoms with Crippen molar-refractivity contribution in [1.29, 1.82) is 0 Å². The highest BCUT2D eigenvalue weighted by Gasteiger charge is 2.31. The summed E-state index contributed by atoms with van der Waals surface area (Å²) in [4.78, 5) is 24.3. The molecule has 1 aromatic carbocycles. The van der Waals surface area contributed by atoms with Crippen LogP contribution in [0.25, 0.3) is 11.5 Å². The summed E-state index contributed by atoms with van der Waals surface area (Å²) in [5, 5.41) is 8.96. The summed E-state index contributed by atoms with van der Waals surface area (Å²) in [6.45, 7) is -0.294. The number of rotatable bonds is 6. The molecule has 0 atom stereocenters. The second-order valence-electron chi connectivity index (χ2n) is 6.10. The number of amides is 2. The molecule has 2 amide bonds. The summed E-state index contributed by atoms with van der Waals surface area (Å²) < 4.78 is 42.1.